The molecule has 2 aromatic rings. The maximum Gasteiger partial charge on any atom is 0.288 e. The summed E-state index contributed by atoms with van der Waals surface area (Å²) < 4.78 is 0.222. The van der Waals surface area contributed by atoms with Crippen molar-refractivity contribution in [2.75, 3.05) is 0 Å². The Morgan fingerprint density at radius 1 is 1.15 bits per heavy atom. The highest BCUT2D eigenvalue weighted by Gasteiger charge is 2.21. The van der Waals surface area contributed by atoms with Crippen LogP contribution >= 0.6 is 22.7 Å². The van der Waals surface area contributed by atoms with Crippen LogP contribution in [0, 0.1) is 0 Å². The molecule has 13 heavy (non-hydrogen) atoms. The van der Waals surface area contributed by atoms with Crippen LogP contribution in [0.3, 0.4) is 0 Å². The van der Waals surface area contributed by atoms with Crippen molar-refractivity contribution in [2.45, 2.75) is 6.42 Å². The Morgan fingerprint density at radius 2 is 2.00 bits per heavy atom. The van der Waals surface area contributed by atoms with Crippen LogP contribution in [0.4, 0.5) is 0 Å². The Labute approximate surface area is 83.3 Å². The molecule has 1 aliphatic rings. The number of rotatable bonds is 0. The number of hydrogen-bond donors (Lipinski definition) is 0. The first-order chi connectivity index (χ1) is 6.34. The summed E-state index contributed by atoms with van der Waals surface area (Å²) in [4.78, 5) is 13.6. The summed E-state index contributed by atoms with van der Waals surface area (Å²) in [7, 11) is 0. The fraction of sp³-hybridized carbons (Fsp3) is 0.100. The van der Waals surface area contributed by atoms with Gasteiger partial charge in [-0.25, -0.2) is 0 Å². The Morgan fingerprint density at radius 3 is 2.92 bits per heavy atom. The molecule has 0 unspecified atom stereocenters. The van der Waals surface area contributed by atoms with E-state index in [9.17, 15) is 4.79 Å². The van der Waals surface area contributed by atoms with Crippen LogP contribution in [0.5, 0.6) is 0 Å². The van der Waals surface area contributed by atoms with Gasteiger partial charge in [-0.1, -0.05) is 46.9 Å². The van der Waals surface area contributed by atoms with Crippen molar-refractivity contribution >= 4 is 22.7 Å². The molecule has 0 atom stereocenters. The highest BCUT2D eigenvalue weighted by atomic mass is 32.2. The first kappa shape index (κ1) is 7.47. The van der Waals surface area contributed by atoms with Gasteiger partial charge in [0.2, 0.25) is 0 Å². The third-order valence-electron chi connectivity index (χ3n) is 2.26. The molecule has 0 saturated carbocycles. The molecule has 1 aromatic heterocycles. The average molecular weight is 206 g/mol. The second kappa shape index (κ2) is 2.53. The zero-order chi connectivity index (χ0) is 8.84. The van der Waals surface area contributed by atoms with E-state index >= 15 is 0 Å². The van der Waals surface area contributed by atoms with Crippen molar-refractivity contribution < 1.29 is 0 Å². The van der Waals surface area contributed by atoms with Crippen molar-refractivity contribution in [1.82, 2.24) is 0 Å². The van der Waals surface area contributed by atoms with Gasteiger partial charge in [-0.15, -0.1) is 0 Å². The molecule has 1 heterocycles. The molecular formula is C10H6OS2. The monoisotopic (exact) mass is 206 g/mol. The van der Waals surface area contributed by atoms with Gasteiger partial charge < -0.3 is 0 Å². The number of fused-ring (bicyclic) bond motifs is 3. The Balaban J connectivity index is 2.36. The van der Waals surface area contributed by atoms with Crippen molar-refractivity contribution in [3.8, 4) is 10.4 Å². The van der Waals surface area contributed by atoms with Crippen LogP contribution in [0.15, 0.2) is 29.1 Å². The molecule has 1 nitrogen and oxygen atoms in total. The lowest BCUT2D eigenvalue weighted by Gasteiger charge is -1.94. The van der Waals surface area contributed by atoms with E-state index in [0.29, 0.717) is 0 Å². The van der Waals surface area contributed by atoms with Gasteiger partial charge in [0.1, 0.15) is 0 Å². The van der Waals surface area contributed by atoms with Gasteiger partial charge in [-0.05, 0) is 11.1 Å². The van der Waals surface area contributed by atoms with E-state index in [1.54, 1.807) is 0 Å². The van der Waals surface area contributed by atoms with E-state index in [-0.39, 0.29) is 4.06 Å². The number of hydrogen-bond acceptors (Lipinski definition) is 3. The van der Waals surface area contributed by atoms with E-state index < -0.39 is 0 Å². The molecule has 0 radical (unpaired) electrons. The lowest BCUT2D eigenvalue weighted by Crippen LogP contribution is -1.81. The second-order valence-electron chi connectivity index (χ2n) is 3.04. The fourth-order valence-corrected chi connectivity index (χ4v) is 3.96. The van der Waals surface area contributed by atoms with Gasteiger partial charge in [-0.2, -0.15) is 0 Å². The van der Waals surface area contributed by atoms with E-state index in [0.717, 1.165) is 6.42 Å². The van der Waals surface area contributed by atoms with Gasteiger partial charge in [-0.3, -0.25) is 4.79 Å². The summed E-state index contributed by atoms with van der Waals surface area (Å²) >= 11 is 2.78. The molecule has 0 spiro atoms. The topological polar surface area (TPSA) is 17.1 Å². The molecule has 0 aliphatic heterocycles. The van der Waals surface area contributed by atoms with E-state index in [1.165, 1.54) is 43.6 Å². The lowest BCUT2D eigenvalue weighted by atomic mass is 10.1. The predicted molar refractivity (Wildman–Crippen MR) is 56.7 cm³/mol. The van der Waals surface area contributed by atoms with Crippen molar-refractivity contribution in [3.05, 3.63) is 43.6 Å². The molecular weight excluding hydrogens is 200 g/mol. The normalized spacial score (nSPS) is 12.6. The summed E-state index contributed by atoms with van der Waals surface area (Å²) in [6.07, 6.45) is 0.953. The first-order valence-electron chi connectivity index (χ1n) is 4.06. The van der Waals surface area contributed by atoms with Crippen molar-refractivity contribution in [1.29, 1.82) is 0 Å². The molecule has 0 fully saturated rings. The summed E-state index contributed by atoms with van der Waals surface area (Å²) in [5, 5.41) is 0. The van der Waals surface area contributed by atoms with Gasteiger partial charge in [0.05, 0.1) is 4.88 Å². The van der Waals surface area contributed by atoms with E-state index in [4.69, 9.17) is 0 Å². The van der Waals surface area contributed by atoms with Gasteiger partial charge in [0.15, 0.2) is 0 Å². The van der Waals surface area contributed by atoms with E-state index in [1.807, 2.05) is 6.07 Å². The smallest absolute Gasteiger partial charge is 0.265 e. The minimum Gasteiger partial charge on any atom is -0.265 e. The Kier molecular flexibility index (Phi) is 1.45. The average Bonchev–Trinajstić information content (AvgIpc) is 2.60. The van der Waals surface area contributed by atoms with Gasteiger partial charge in [0.25, 0.3) is 4.06 Å². The van der Waals surface area contributed by atoms with E-state index in [2.05, 4.69) is 18.2 Å². The summed E-state index contributed by atoms with van der Waals surface area (Å²) in [6.45, 7) is 0. The van der Waals surface area contributed by atoms with Crippen LogP contribution in [-0.2, 0) is 6.42 Å². The highest BCUT2D eigenvalue weighted by Crippen LogP contribution is 2.40. The number of benzene rings is 1. The molecule has 1 aromatic carbocycles. The van der Waals surface area contributed by atoms with Crippen LogP contribution in [-0.4, -0.2) is 0 Å². The molecule has 0 bridgehead atoms. The molecule has 64 valence electrons. The zero-order valence-corrected chi connectivity index (χ0v) is 8.37. The van der Waals surface area contributed by atoms with Crippen LogP contribution < -0.4 is 4.06 Å². The standard InChI is InChI=1S/C10H6OS2/c11-10-12-8-5-6-3-1-2-4-7(6)9(8)13-10/h1-4H,5H2. The molecule has 0 amide bonds. The molecule has 0 N–H and O–H groups in total. The first-order valence-corrected chi connectivity index (χ1v) is 5.69. The maximum absolute atomic E-state index is 11.2. The third kappa shape index (κ3) is 1.01. The second-order valence-corrected chi connectivity index (χ2v) is 5.35. The predicted octanol–water partition coefficient (Wildman–Crippen LogP) is 2.74. The van der Waals surface area contributed by atoms with Crippen molar-refractivity contribution in [3.63, 3.8) is 0 Å². The quantitative estimate of drug-likeness (QED) is 0.552. The SMILES string of the molecule is O=c1sc2c(s1)-c1ccccc1C2. The van der Waals surface area contributed by atoms with Gasteiger partial charge >= 0.3 is 0 Å². The minimum atomic E-state index is 0.222. The molecule has 0 saturated heterocycles. The Bertz CT molecular complexity index is 522. The van der Waals surface area contributed by atoms with Crippen molar-refractivity contribution in [2.24, 2.45) is 0 Å². The third-order valence-corrected chi connectivity index (χ3v) is 4.49. The molecule has 1 aliphatic carbocycles. The molecule has 3 rings (SSSR count). The summed E-state index contributed by atoms with van der Waals surface area (Å²) in [5.74, 6) is 0. The van der Waals surface area contributed by atoms with Crippen LogP contribution in [0.2, 0.25) is 0 Å². The van der Waals surface area contributed by atoms with Gasteiger partial charge in [0, 0.05) is 11.3 Å². The zero-order valence-electron chi connectivity index (χ0n) is 6.74. The van der Waals surface area contributed by atoms with Crippen LogP contribution in [0.1, 0.15) is 10.4 Å². The largest absolute Gasteiger partial charge is 0.288 e. The highest BCUT2D eigenvalue weighted by molar-refractivity contribution is 7.30. The summed E-state index contributed by atoms with van der Waals surface area (Å²) in [6, 6.07) is 8.32. The van der Waals surface area contributed by atoms with Crippen LogP contribution in [0.25, 0.3) is 10.4 Å². The Hall–Kier alpha value is -0.930. The fourth-order valence-electron chi connectivity index (χ4n) is 1.70. The minimum absolute atomic E-state index is 0.222. The lowest BCUT2D eigenvalue weighted by molar-refractivity contribution is 1.31. The maximum atomic E-state index is 11.2. The summed E-state index contributed by atoms with van der Waals surface area (Å²) in [5.41, 5.74) is 2.63. The molecule has 3 heteroatoms.